The average Bonchev–Trinajstić information content (AvgIpc) is 2.97. The van der Waals surface area contributed by atoms with E-state index in [1.807, 2.05) is 12.1 Å². The van der Waals surface area contributed by atoms with Crippen LogP contribution in [-0.2, 0) is 16.0 Å². The van der Waals surface area contributed by atoms with E-state index in [4.69, 9.17) is 4.74 Å². The molecule has 120 valence electrons. The third-order valence-corrected chi connectivity index (χ3v) is 3.74. The Labute approximate surface area is 131 Å². The van der Waals surface area contributed by atoms with E-state index in [1.165, 1.54) is 9.80 Å². The molecule has 1 aromatic rings. The van der Waals surface area contributed by atoms with Crippen molar-refractivity contribution in [2.45, 2.75) is 6.42 Å². The van der Waals surface area contributed by atoms with Gasteiger partial charge in [0.25, 0.3) is 5.91 Å². The monoisotopic (exact) mass is 305 g/mol. The molecule has 6 nitrogen and oxygen atoms in total. The van der Waals surface area contributed by atoms with Gasteiger partial charge in [0.2, 0.25) is 5.91 Å². The zero-order valence-corrected chi connectivity index (χ0v) is 13.4. The first-order valence-electron chi connectivity index (χ1n) is 7.38. The predicted octanol–water partition coefficient (Wildman–Crippen LogP) is 0.831. The summed E-state index contributed by atoms with van der Waals surface area (Å²) in [7, 11) is 4.95. The molecule has 0 unspecified atom stereocenters. The summed E-state index contributed by atoms with van der Waals surface area (Å²) < 4.78 is 5.05. The van der Waals surface area contributed by atoms with Gasteiger partial charge < -0.3 is 19.9 Å². The average molecular weight is 305 g/mol. The number of carbonyl (C=O) groups is 2. The Balaban J connectivity index is 2.15. The van der Waals surface area contributed by atoms with Gasteiger partial charge in [0.1, 0.15) is 6.54 Å². The Bertz CT molecular complexity index is 558. The minimum absolute atomic E-state index is 0.0600. The second-order valence-corrected chi connectivity index (χ2v) is 5.56. The molecule has 0 saturated carbocycles. The lowest BCUT2D eigenvalue weighted by Gasteiger charge is -2.24. The molecule has 0 bridgehead atoms. The van der Waals surface area contributed by atoms with Crippen LogP contribution in [0.2, 0.25) is 0 Å². The van der Waals surface area contributed by atoms with Crippen LogP contribution in [0.25, 0.3) is 0 Å². The number of nitrogens with zero attached hydrogens (tertiary/aromatic N) is 2. The standard InChI is InChI=1S/C16H23N3O3/c1-18(2)15(20)11-19(8-9-22-3)16(21)13-4-5-14-12(10-13)6-7-17-14/h4-5,10,17H,6-9,11H2,1-3H3. The van der Waals surface area contributed by atoms with Crippen LogP contribution in [0.15, 0.2) is 18.2 Å². The molecule has 0 saturated heterocycles. The van der Waals surface area contributed by atoms with Gasteiger partial charge in [-0.05, 0) is 30.2 Å². The van der Waals surface area contributed by atoms with Crippen molar-refractivity contribution in [1.82, 2.24) is 9.80 Å². The lowest BCUT2D eigenvalue weighted by molar-refractivity contribution is -0.129. The van der Waals surface area contributed by atoms with Crippen molar-refractivity contribution in [3.05, 3.63) is 29.3 Å². The van der Waals surface area contributed by atoms with Crippen molar-refractivity contribution in [3.63, 3.8) is 0 Å². The largest absolute Gasteiger partial charge is 0.384 e. The van der Waals surface area contributed by atoms with Crippen LogP contribution in [0.4, 0.5) is 5.69 Å². The van der Waals surface area contributed by atoms with Crippen LogP contribution in [0, 0.1) is 0 Å². The van der Waals surface area contributed by atoms with Crippen LogP contribution >= 0.6 is 0 Å². The number of hydrogen-bond donors (Lipinski definition) is 1. The molecule has 22 heavy (non-hydrogen) atoms. The first kappa shape index (κ1) is 16.3. The maximum atomic E-state index is 12.7. The summed E-state index contributed by atoms with van der Waals surface area (Å²) in [6, 6.07) is 5.65. The number of fused-ring (bicyclic) bond motifs is 1. The molecular formula is C16H23N3O3. The Morgan fingerprint density at radius 1 is 1.32 bits per heavy atom. The van der Waals surface area contributed by atoms with E-state index >= 15 is 0 Å². The second kappa shape index (κ2) is 7.26. The van der Waals surface area contributed by atoms with Crippen molar-refractivity contribution in [1.29, 1.82) is 0 Å². The fourth-order valence-corrected chi connectivity index (χ4v) is 2.38. The van der Waals surface area contributed by atoms with E-state index in [0.717, 1.165) is 24.2 Å². The molecule has 1 aromatic carbocycles. The number of likely N-dealkylation sites (N-methyl/N-ethyl adjacent to an activating group) is 1. The third-order valence-electron chi connectivity index (χ3n) is 3.74. The summed E-state index contributed by atoms with van der Waals surface area (Å²) in [5.41, 5.74) is 2.85. The third kappa shape index (κ3) is 3.76. The fraction of sp³-hybridized carbons (Fsp3) is 0.500. The highest BCUT2D eigenvalue weighted by Gasteiger charge is 2.21. The van der Waals surface area contributed by atoms with Crippen LogP contribution < -0.4 is 5.32 Å². The number of methoxy groups -OCH3 is 1. The Kier molecular flexibility index (Phi) is 5.38. The van der Waals surface area contributed by atoms with Gasteiger partial charge in [0, 0.05) is 45.5 Å². The molecule has 6 heteroatoms. The lowest BCUT2D eigenvalue weighted by Crippen LogP contribution is -2.41. The maximum Gasteiger partial charge on any atom is 0.254 e. The smallest absolute Gasteiger partial charge is 0.254 e. The van der Waals surface area contributed by atoms with E-state index in [-0.39, 0.29) is 18.4 Å². The van der Waals surface area contributed by atoms with E-state index in [1.54, 1.807) is 27.3 Å². The number of hydrogen-bond acceptors (Lipinski definition) is 4. The number of amides is 2. The van der Waals surface area contributed by atoms with Gasteiger partial charge in [-0.2, -0.15) is 0 Å². The van der Waals surface area contributed by atoms with Gasteiger partial charge in [-0.3, -0.25) is 9.59 Å². The van der Waals surface area contributed by atoms with Gasteiger partial charge in [-0.15, -0.1) is 0 Å². The van der Waals surface area contributed by atoms with E-state index < -0.39 is 0 Å². The van der Waals surface area contributed by atoms with Gasteiger partial charge in [-0.25, -0.2) is 0 Å². The second-order valence-electron chi connectivity index (χ2n) is 5.56. The van der Waals surface area contributed by atoms with Crippen LogP contribution in [-0.4, -0.2) is 69.1 Å². The quantitative estimate of drug-likeness (QED) is 0.846. The van der Waals surface area contributed by atoms with Crippen molar-refractivity contribution >= 4 is 17.5 Å². The molecule has 0 radical (unpaired) electrons. The predicted molar refractivity (Wildman–Crippen MR) is 85.1 cm³/mol. The van der Waals surface area contributed by atoms with E-state index in [2.05, 4.69) is 5.32 Å². The lowest BCUT2D eigenvalue weighted by atomic mass is 10.1. The number of carbonyl (C=O) groups excluding carboxylic acids is 2. The molecular weight excluding hydrogens is 282 g/mol. The van der Waals surface area contributed by atoms with Gasteiger partial charge in [0.15, 0.2) is 0 Å². The zero-order chi connectivity index (χ0) is 16.1. The molecule has 1 aliphatic heterocycles. The first-order valence-corrected chi connectivity index (χ1v) is 7.38. The molecule has 1 aliphatic rings. The summed E-state index contributed by atoms with van der Waals surface area (Å²) >= 11 is 0. The Morgan fingerprint density at radius 3 is 2.77 bits per heavy atom. The minimum atomic E-state index is -0.137. The highest BCUT2D eigenvalue weighted by atomic mass is 16.5. The number of anilines is 1. The molecule has 1 N–H and O–H groups in total. The summed E-state index contributed by atoms with van der Waals surface area (Å²) in [6.45, 7) is 1.76. The van der Waals surface area contributed by atoms with Crippen molar-refractivity contribution in [2.24, 2.45) is 0 Å². The summed E-state index contributed by atoms with van der Waals surface area (Å²) in [6.07, 6.45) is 0.922. The van der Waals surface area contributed by atoms with E-state index in [0.29, 0.717) is 18.7 Å². The molecule has 0 aliphatic carbocycles. The van der Waals surface area contributed by atoms with Gasteiger partial charge >= 0.3 is 0 Å². The topological polar surface area (TPSA) is 61.9 Å². The Morgan fingerprint density at radius 2 is 2.09 bits per heavy atom. The summed E-state index contributed by atoms with van der Waals surface area (Å²) in [5, 5.41) is 3.27. The van der Waals surface area contributed by atoms with Gasteiger partial charge in [-0.1, -0.05) is 0 Å². The van der Waals surface area contributed by atoms with E-state index in [9.17, 15) is 9.59 Å². The molecule has 2 rings (SSSR count). The Hall–Kier alpha value is -2.08. The number of benzene rings is 1. The normalized spacial score (nSPS) is 12.5. The molecule has 0 aromatic heterocycles. The molecule has 0 spiro atoms. The SMILES string of the molecule is COCCN(CC(=O)N(C)C)C(=O)c1ccc2c(c1)CCN2. The zero-order valence-electron chi connectivity index (χ0n) is 13.4. The molecule has 1 heterocycles. The first-order chi connectivity index (χ1) is 10.5. The molecule has 2 amide bonds. The van der Waals surface area contributed by atoms with Crippen LogP contribution in [0.5, 0.6) is 0 Å². The maximum absolute atomic E-state index is 12.7. The van der Waals surface area contributed by atoms with Crippen molar-refractivity contribution in [3.8, 4) is 0 Å². The van der Waals surface area contributed by atoms with Crippen LogP contribution in [0.1, 0.15) is 15.9 Å². The fourth-order valence-electron chi connectivity index (χ4n) is 2.38. The molecule has 0 fully saturated rings. The minimum Gasteiger partial charge on any atom is -0.384 e. The molecule has 0 atom stereocenters. The summed E-state index contributed by atoms with van der Waals surface area (Å²) in [5.74, 6) is -0.241. The van der Waals surface area contributed by atoms with Crippen LogP contribution in [0.3, 0.4) is 0 Å². The number of ether oxygens (including phenoxy) is 1. The van der Waals surface area contributed by atoms with Crippen molar-refractivity contribution < 1.29 is 14.3 Å². The number of nitrogens with one attached hydrogen (secondary N) is 1. The number of rotatable bonds is 6. The van der Waals surface area contributed by atoms with Gasteiger partial charge in [0.05, 0.1) is 6.61 Å². The summed E-state index contributed by atoms with van der Waals surface area (Å²) in [4.78, 5) is 27.6. The highest BCUT2D eigenvalue weighted by molar-refractivity contribution is 5.97. The highest BCUT2D eigenvalue weighted by Crippen LogP contribution is 2.23. The van der Waals surface area contributed by atoms with Crippen molar-refractivity contribution in [2.75, 3.05) is 52.8 Å².